The molecular weight excluding hydrogens is 307 g/mol. The number of carbonyl (C=O) groups is 1. The lowest BCUT2D eigenvalue weighted by Crippen LogP contribution is -2.01. The third kappa shape index (κ3) is 2.77. The smallest absolute Gasteiger partial charge is 0.205 e. The van der Waals surface area contributed by atoms with Gasteiger partial charge in [0.1, 0.15) is 23.2 Å². The van der Waals surface area contributed by atoms with Gasteiger partial charge in [-0.2, -0.15) is 5.26 Å². The summed E-state index contributed by atoms with van der Waals surface area (Å²) in [4.78, 5) is 15.7. The number of rotatable bonds is 4. The van der Waals surface area contributed by atoms with Crippen LogP contribution >= 0.6 is 0 Å². The van der Waals surface area contributed by atoms with Gasteiger partial charge in [-0.15, -0.1) is 0 Å². The molecule has 0 saturated heterocycles. The van der Waals surface area contributed by atoms with E-state index in [1.54, 1.807) is 36.5 Å². The van der Waals surface area contributed by atoms with Gasteiger partial charge in [0.05, 0.1) is 7.11 Å². The highest BCUT2D eigenvalue weighted by Gasteiger charge is 2.17. The SMILES string of the molecule is COc1ccc2[nH]cc(C(=O)/C(C#N)=C\c3ccccc3F)c2c1. The quantitative estimate of drug-likeness (QED) is 0.447. The maximum atomic E-state index is 13.8. The predicted octanol–water partition coefficient (Wildman–Crippen LogP) is 4.11. The van der Waals surface area contributed by atoms with Crippen molar-refractivity contribution in [1.82, 2.24) is 4.98 Å². The van der Waals surface area contributed by atoms with Crippen LogP contribution in [0.5, 0.6) is 5.75 Å². The Balaban J connectivity index is 2.07. The lowest BCUT2D eigenvalue weighted by atomic mass is 10.0. The van der Waals surface area contributed by atoms with Gasteiger partial charge in [-0.25, -0.2) is 4.39 Å². The first-order valence-electron chi connectivity index (χ1n) is 7.20. The predicted molar refractivity (Wildman–Crippen MR) is 89.2 cm³/mol. The molecule has 0 unspecified atom stereocenters. The van der Waals surface area contributed by atoms with Crippen LogP contribution in [0.4, 0.5) is 4.39 Å². The van der Waals surface area contributed by atoms with Crippen LogP contribution in [-0.2, 0) is 0 Å². The highest BCUT2D eigenvalue weighted by molar-refractivity contribution is 6.20. The normalized spacial score (nSPS) is 11.3. The molecule has 118 valence electrons. The number of hydrogen-bond donors (Lipinski definition) is 1. The first kappa shape index (κ1) is 15.5. The lowest BCUT2D eigenvalue weighted by molar-refractivity contribution is 0.104. The zero-order valence-corrected chi connectivity index (χ0v) is 12.8. The number of aromatic nitrogens is 1. The summed E-state index contributed by atoms with van der Waals surface area (Å²) in [6.07, 6.45) is 2.80. The summed E-state index contributed by atoms with van der Waals surface area (Å²) < 4.78 is 18.9. The number of carbonyl (C=O) groups excluding carboxylic acids is 1. The molecule has 3 aromatic rings. The number of Topliss-reactive ketones (excluding diaryl/α,β-unsaturated/α-hetero) is 1. The van der Waals surface area contributed by atoms with Crippen molar-refractivity contribution in [1.29, 1.82) is 5.26 Å². The number of H-pyrrole nitrogens is 1. The van der Waals surface area contributed by atoms with Crippen LogP contribution in [0.2, 0.25) is 0 Å². The highest BCUT2D eigenvalue weighted by Crippen LogP contribution is 2.26. The van der Waals surface area contributed by atoms with Crippen LogP contribution in [0.25, 0.3) is 17.0 Å². The van der Waals surface area contributed by atoms with Gasteiger partial charge < -0.3 is 9.72 Å². The van der Waals surface area contributed by atoms with Crippen LogP contribution in [0.1, 0.15) is 15.9 Å². The van der Waals surface area contributed by atoms with Gasteiger partial charge >= 0.3 is 0 Å². The van der Waals surface area contributed by atoms with Gasteiger partial charge in [0.2, 0.25) is 5.78 Å². The van der Waals surface area contributed by atoms with Crippen molar-refractivity contribution >= 4 is 22.8 Å². The Morgan fingerprint density at radius 2 is 2.08 bits per heavy atom. The maximum Gasteiger partial charge on any atom is 0.205 e. The van der Waals surface area contributed by atoms with E-state index in [-0.39, 0.29) is 11.1 Å². The molecule has 0 fully saturated rings. The van der Waals surface area contributed by atoms with Gasteiger partial charge in [0.15, 0.2) is 0 Å². The average molecular weight is 320 g/mol. The summed E-state index contributed by atoms with van der Waals surface area (Å²) in [5.74, 6) is -0.355. The van der Waals surface area contributed by atoms with Crippen molar-refractivity contribution in [2.24, 2.45) is 0 Å². The van der Waals surface area contributed by atoms with Crippen molar-refractivity contribution in [3.63, 3.8) is 0 Å². The van der Waals surface area contributed by atoms with Crippen LogP contribution in [0.3, 0.4) is 0 Å². The Labute approximate surface area is 137 Å². The fourth-order valence-corrected chi connectivity index (χ4v) is 2.46. The Hall–Kier alpha value is -3.39. The fraction of sp³-hybridized carbons (Fsp3) is 0.0526. The van der Waals surface area contributed by atoms with Gasteiger partial charge in [0, 0.05) is 28.2 Å². The molecule has 0 amide bonds. The number of nitriles is 1. The van der Waals surface area contributed by atoms with Crippen molar-refractivity contribution in [3.05, 3.63) is 71.2 Å². The minimum Gasteiger partial charge on any atom is -0.497 e. The number of nitrogens with one attached hydrogen (secondary N) is 1. The van der Waals surface area contributed by atoms with E-state index >= 15 is 0 Å². The fourth-order valence-electron chi connectivity index (χ4n) is 2.46. The number of hydrogen-bond acceptors (Lipinski definition) is 3. The Bertz CT molecular complexity index is 996. The summed E-state index contributed by atoms with van der Waals surface area (Å²) >= 11 is 0. The number of ketones is 1. The molecule has 24 heavy (non-hydrogen) atoms. The topological polar surface area (TPSA) is 65.9 Å². The maximum absolute atomic E-state index is 13.8. The molecule has 0 spiro atoms. The first-order chi connectivity index (χ1) is 11.6. The first-order valence-corrected chi connectivity index (χ1v) is 7.20. The zero-order valence-electron chi connectivity index (χ0n) is 12.8. The number of benzene rings is 2. The second kappa shape index (κ2) is 6.39. The summed E-state index contributed by atoms with van der Waals surface area (Å²) in [6.45, 7) is 0. The molecule has 2 aromatic carbocycles. The van der Waals surface area contributed by atoms with Gasteiger partial charge in [-0.1, -0.05) is 18.2 Å². The third-order valence-corrected chi connectivity index (χ3v) is 3.70. The van der Waals surface area contributed by atoms with E-state index < -0.39 is 11.6 Å². The molecule has 1 N–H and O–H groups in total. The molecule has 1 aromatic heterocycles. The number of methoxy groups -OCH3 is 1. The van der Waals surface area contributed by atoms with E-state index in [1.807, 2.05) is 6.07 Å². The van der Waals surface area contributed by atoms with Crippen molar-refractivity contribution < 1.29 is 13.9 Å². The Morgan fingerprint density at radius 3 is 2.79 bits per heavy atom. The van der Waals surface area contributed by atoms with Crippen molar-refractivity contribution in [2.45, 2.75) is 0 Å². The zero-order chi connectivity index (χ0) is 17.1. The molecule has 3 rings (SSSR count). The number of nitrogens with zero attached hydrogens (tertiary/aromatic N) is 1. The van der Waals surface area contributed by atoms with E-state index in [0.717, 1.165) is 5.52 Å². The number of halogens is 1. The molecule has 0 aliphatic heterocycles. The van der Waals surface area contributed by atoms with E-state index in [2.05, 4.69) is 4.98 Å². The molecular formula is C19H13FN2O2. The second-order valence-corrected chi connectivity index (χ2v) is 5.13. The Kier molecular flexibility index (Phi) is 4.13. The average Bonchev–Trinajstić information content (AvgIpc) is 3.03. The van der Waals surface area contributed by atoms with E-state index in [1.165, 1.54) is 25.3 Å². The molecule has 0 atom stereocenters. The molecule has 0 saturated carbocycles. The molecule has 0 aliphatic carbocycles. The minimum absolute atomic E-state index is 0.135. The van der Waals surface area contributed by atoms with E-state index in [0.29, 0.717) is 16.7 Å². The monoisotopic (exact) mass is 320 g/mol. The largest absolute Gasteiger partial charge is 0.497 e. The third-order valence-electron chi connectivity index (χ3n) is 3.70. The Morgan fingerprint density at radius 1 is 1.29 bits per heavy atom. The molecule has 0 radical (unpaired) electrons. The molecule has 4 nitrogen and oxygen atoms in total. The summed E-state index contributed by atoms with van der Waals surface area (Å²) in [5.41, 5.74) is 1.15. The summed E-state index contributed by atoms with van der Waals surface area (Å²) in [6, 6.07) is 13.1. The van der Waals surface area contributed by atoms with E-state index in [9.17, 15) is 14.4 Å². The molecule has 0 bridgehead atoms. The highest BCUT2D eigenvalue weighted by atomic mass is 19.1. The molecule has 0 aliphatic rings. The second-order valence-electron chi connectivity index (χ2n) is 5.13. The van der Waals surface area contributed by atoms with Gasteiger partial charge in [0.25, 0.3) is 0 Å². The van der Waals surface area contributed by atoms with Crippen LogP contribution in [0.15, 0.2) is 54.2 Å². The molecule has 5 heteroatoms. The molecule has 1 heterocycles. The van der Waals surface area contributed by atoms with Crippen LogP contribution < -0.4 is 4.74 Å². The van der Waals surface area contributed by atoms with Crippen LogP contribution in [-0.4, -0.2) is 17.9 Å². The number of ether oxygens (including phenoxy) is 1. The summed E-state index contributed by atoms with van der Waals surface area (Å²) in [5, 5.41) is 9.97. The number of allylic oxidation sites excluding steroid dienone is 1. The lowest BCUT2D eigenvalue weighted by Gasteiger charge is -2.02. The number of fused-ring (bicyclic) bond motifs is 1. The summed E-state index contributed by atoms with van der Waals surface area (Å²) in [7, 11) is 1.54. The van der Waals surface area contributed by atoms with Gasteiger partial charge in [-0.05, 0) is 30.3 Å². The standard InChI is InChI=1S/C19H13FN2O2/c1-24-14-6-7-18-15(9-14)16(11-22-18)19(23)13(10-21)8-12-4-2-3-5-17(12)20/h2-9,11,22H,1H3/b13-8-. The minimum atomic E-state index is -0.487. The van der Waals surface area contributed by atoms with Crippen molar-refractivity contribution in [3.8, 4) is 11.8 Å². The van der Waals surface area contributed by atoms with Crippen LogP contribution in [0, 0.1) is 17.1 Å². The van der Waals surface area contributed by atoms with E-state index in [4.69, 9.17) is 4.74 Å². The van der Waals surface area contributed by atoms with Crippen molar-refractivity contribution in [2.75, 3.05) is 7.11 Å². The number of aromatic amines is 1. The van der Waals surface area contributed by atoms with Gasteiger partial charge in [-0.3, -0.25) is 4.79 Å².